The zero-order valence-corrected chi connectivity index (χ0v) is 17.8. The molecule has 4 aliphatic rings. The summed E-state index contributed by atoms with van der Waals surface area (Å²) in [5.74, 6) is 2.08. The highest BCUT2D eigenvalue weighted by atomic mass is 16.4. The van der Waals surface area contributed by atoms with Gasteiger partial charge in [0, 0.05) is 16.5 Å². The molecule has 0 saturated heterocycles. The van der Waals surface area contributed by atoms with E-state index in [-0.39, 0.29) is 10.8 Å². The third-order valence-corrected chi connectivity index (χ3v) is 8.94. The summed E-state index contributed by atoms with van der Waals surface area (Å²) in [6.45, 7) is 4.91. The average Bonchev–Trinajstić information content (AvgIpc) is 3.33. The van der Waals surface area contributed by atoms with E-state index < -0.39 is 0 Å². The molecule has 3 unspecified atom stereocenters. The van der Waals surface area contributed by atoms with Crippen LogP contribution in [0.4, 0.5) is 0 Å². The van der Waals surface area contributed by atoms with Crippen LogP contribution in [-0.4, -0.2) is 20.5 Å². The average molecular weight is 400 g/mol. The minimum Gasteiger partial charge on any atom is -0.410 e. The van der Waals surface area contributed by atoms with Crippen LogP contribution in [-0.2, 0) is 0 Å². The van der Waals surface area contributed by atoms with Gasteiger partial charge in [0.15, 0.2) is 0 Å². The van der Waals surface area contributed by atoms with E-state index in [4.69, 9.17) is 0 Å². The standard InChI is InChI=1S/C26H29N3O/c1-25-13-11-18(28-30)15-17(25)7-8-19-20-9-10-24(26(20,2)14-12-21(19)25)29-16-27-22-5-3-4-6-23(22)29/h3-6,10-11,13,15-16,19-21,30H,7-9,12,14H2,1-2H3/b28-18+/t19?,20?,21?,25-,26-/m0/s1. The molecule has 1 aromatic heterocycles. The van der Waals surface area contributed by atoms with Crippen molar-refractivity contribution in [3.8, 4) is 0 Å². The Morgan fingerprint density at radius 3 is 2.90 bits per heavy atom. The first-order valence-electron chi connectivity index (χ1n) is 11.3. The van der Waals surface area contributed by atoms with Gasteiger partial charge in [-0.1, -0.05) is 48.9 Å². The number of nitrogens with zero attached hydrogens (tertiary/aromatic N) is 3. The molecule has 4 heteroatoms. The third kappa shape index (κ3) is 2.28. The minimum absolute atomic E-state index is 0.100. The van der Waals surface area contributed by atoms with Crippen LogP contribution in [0.25, 0.3) is 16.7 Å². The maximum atomic E-state index is 9.23. The van der Waals surface area contributed by atoms with Gasteiger partial charge in [-0.05, 0) is 74.1 Å². The Balaban J connectivity index is 1.36. The molecule has 2 saturated carbocycles. The molecule has 4 nitrogen and oxygen atoms in total. The number of oxime groups is 1. The first-order chi connectivity index (χ1) is 14.5. The molecule has 4 aliphatic carbocycles. The Morgan fingerprint density at radius 1 is 1.17 bits per heavy atom. The molecular formula is C26H29N3O. The predicted molar refractivity (Wildman–Crippen MR) is 120 cm³/mol. The van der Waals surface area contributed by atoms with Gasteiger partial charge in [0.1, 0.15) is 12.0 Å². The summed E-state index contributed by atoms with van der Waals surface area (Å²) in [6.07, 6.45) is 17.0. The zero-order chi connectivity index (χ0) is 20.5. The van der Waals surface area contributed by atoms with E-state index in [1.807, 2.05) is 12.4 Å². The van der Waals surface area contributed by atoms with E-state index in [9.17, 15) is 5.21 Å². The Bertz CT molecular complexity index is 1150. The van der Waals surface area contributed by atoms with Gasteiger partial charge in [0.05, 0.1) is 11.0 Å². The maximum absolute atomic E-state index is 9.23. The lowest BCUT2D eigenvalue weighted by Gasteiger charge is -2.56. The molecule has 0 amide bonds. The van der Waals surface area contributed by atoms with Crippen molar-refractivity contribution in [3.05, 3.63) is 60.5 Å². The Labute approximate surface area is 177 Å². The summed E-state index contributed by atoms with van der Waals surface area (Å²) >= 11 is 0. The molecule has 0 aliphatic heterocycles. The number of fused-ring (bicyclic) bond motifs is 6. The van der Waals surface area contributed by atoms with E-state index in [0.717, 1.165) is 17.9 Å². The Hall–Kier alpha value is -2.62. The molecule has 30 heavy (non-hydrogen) atoms. The van der Waals surface area contributed by atoms with Gasteiger partial charge in [-0.15, -0.1) is 0 Å². The summed E-state index contributed by atoms with van der Waals surface area (Å²) in [6, 6.07) is 8.48. The first-order valence-corrected chi connectivity index (χ1v) is 11.3. The molecule has 1 aromatic carbocycles. The number of rotatable bonds is 1. The summed E-state index contributed by atoms with van der Waals surface area (Å²) in [5, 5.41) is 12.7. The monoisotopic (exact) mass is 399 g/mol. The van der Waals surface area contributed by atoms with Crippen LogP contribution in [0, 0.1) is 28.6 Å². The summed E-state index contributed by atoms with van der Waals surface area (Å²) in [4.78, 5) is 4.67. The zero-order valence-electron chi connectivity index (χ0n) is 17.8. The molecule has 5 atom stereocenters. The summed E-state index contributed by atoms with van der Waals surface area (Å²) < 4.78 is 2.36. The maximum Gasteiger partial charge on any atom is 0.102 e. The Kier molecular flexibility index (Phi) is 3.75. The number of benzene rings is 1. The van der Waals surface area contributed by atoms with E-state index in [1.165, 1.54) is 42.5 Å². The molecule has 1 N–H and O–H groups in total. The number of allylic oxidation sites excluding steroid dienone is 6. The van der Waals surface area contributed by atoms with Gasteiger partial charge in [0.2, 0.25) is 0 Å². The van der Waals surface area contributed by atoms with Crippen LogP contribution in [0.1, 0.15) is 46.0 Å². The normalized spacial score (nSPS) is 38.7. The fraction of sp³-hybridized carbons (Fsp3) is 0.462. The van der Waals surface area contributed by atoms with E-state index in [1.54, 1.807) is 0 Å². The lowest BCUT2D eigenvalue weighted by molar-refractivity contribution is 0.000831. The van der Waals surface area contributed by atoms with Crippen LogP contribution in [0.5, 0.6) is 0 Å². The van der Waals surface area contributed by atoms with E-state index >= 15 is 0 Å². The molecule has 0 spiro atoms. The predicted octanol–water partition coefficient (Wildman–Crippen LogP) is 6.06. The molecule has 1 heterocycles. The molecule has 0 bridgehead atoms. The fourth-order valence-corrected chi connectivity index (χ4v) is 7.34. The second-order valence-electron chi connectivity index (χ2n) is 10.1. The van der Waals surface area contributed by atoms with Gasteiger partial charge in [-0.3, -0.25) is 0 Å². The quantitative estimate of drug-likeness (QED) is 0.468. The SMILES string of the molecule is C[C@]12C=C/C(=N\O)C=C1CCC1C2CC[C@]2(C)C(n3cnc4ccccc43)=CCC12. The summed E-state index contributed by atoms with van der Waals surface area (Å²) in [5.41, 5.74) is 6.21. The summed E-state index contributed by atoms with van der Waals surface area (Å²) in [7, 11) is 0. The molecule has 154 valence electrons. The number of hydrogen-bond donors (Lipinski definition) is 1. The van der Waals surface area contributed by atoms with Crippen molar-refractivity contribution in [2.75, 3.05) is 0 Å². The molecular weight excluding hydrogens is 370 g/mol. The lowest BCUT2D eigenvalue weighted by atomic mass is 9.48. The van der Waals surface area contributed by atoms with Crippen molar-refractivity contribution in [2.45, 2.75) is 46.0 Å². The number of hydrogen-bond acceptors (Lipinski definition) is 3. The van der Waals surface area contributed by atoms with Gasteiger partial charge in [-0.25, -0.2) is 4.98 Å². The van der Waals surface area contributed by atoms with Crippen molar-refractivity contribution >= 4 is 22.4 Å². The topological polar surface area (TPSA) is 50.4 Å². The van der Waals surface area contributed by atoms with Crippen LogP contribution in [0.15, 0.2) is 65.6 Å². The molecule has 2 aromatic rings. The van der Waals surface area contributed by atoms with Crippen molar-refractivity contribution < 1.29 is 5.21 Å². The second-order valence-corrected chi connectivity index (χ2v) is 10.1. The van der Waals surface area contributed by atoms with Crippen molar-refractivity contribution in [3.63, 3.8) is 0 Å². The van der Waals surface area contributed by atoms with Crippen LogP contribution >= 0.6 is 0 Å². The lowest BCUT2D eigenvalue weighted by Crippen LogP contribution is -2.49. The molecule has 2 fully saturated rings. The first kappa shape index (κ1) is 18.2. The van der Waals surface area contributed by atoms with Gasteiger partial charge in [-0.2, -0.15) is 0 Å². The number of para-hydroxylation sites is 2. The fourth-order valence-electron chi connectivity index (χ4n) is 7.34. The van der Waals surface area contributed by atoms with Crippen molar-refractivity contribution in [1.29, 1.82) is 0 Å². The third-order valence-electron chi connectivity index (χ3n) is 8.94. The highest BCUT2D eigenvalue weighted by Gasteiger charge is 2.56. The van der Waals surface area contributed by atoms with Crippen LogP contribution in [0.3, 0.4) is 0 Å². The molecule has 6 rings (SSSR count). The molecule has 0 radical (unpaired) electrons. The van der Waals surface area contributed by atoms with Crippen LogP contribution < -0.4 is 0 Å². The van der Waals surface area contributed by atoms with Gasteiger partial charge >= 0.3 is 0 Å². The van der Waals surface area contributed by atoms with Crippen molar-refractivity contribution in [2.24, 2.45) is 33.7 Å². The van der Waals surface area contributed by atoms with Gasteiger partial charge < -0.3 is 9.77 Å². The highest BCUT2D eigenvalue weighted by molar-refractivity contribution is 6.05. The van der Waals surface area contributed by atoms with Crippen LogP contribution in [0.2, 0.25) is 0 Å². The largest absolute Gasteiger partial charge is 0.410 e. The second kappa shape index (κ2) is 6.19. The van der Waals surface area contributed by atoms with Crippen molar-refractivity contribution in [1.82, 2.24) is 9.55 Å². The smallest absolute Gasteiger partial charge is 0.102 e. The number of aromatic nitrogens is 2. The van der Waals surface area contributed by atoms with Gasteiger partial charge in [0.25, 0.3) is 0 Å². The minimum atomic E-state index is 0.100. The Morgan fingerprint density at radius 2 is 2.03 bits per heavy atom. The highest BCUT2D eigenvalue weighted by Crippen LogP contribution is 2.65. The number of imidazole rings is 1. The van der Waals surface area contributed by atoms with E-state index in [2.05, 4.69) is 71.0 Å². The van der Waals surface area contributed by atoms with E-state index in [0.29, 0.717) is 17.5 Å².